The molecule has 0 aromatic carbocycles. The van der Waals surface area contributed by atoms with E-state index in [-0.39, 0.29) is 0 Å². The Morgan fingerprint density at radius 2 is 2.11 bits per heavy atom. The Morgan fingerprint density at radius 1 is 1.44 bits per heavy atom. The van der Waals surface area contributed by atoms with Gasteiger partial charge in [0.15, 0.2) is 0 Å². The molecule has 9 heavy (non-hydrogen) atoms. The van der Waals surface area contributed by atoms with E-state index in [1.807, 2.05) is 12.1 Å². The lowest BCUT2D eigenvalue weighted by molar-refractivity contribution is 0.229. The molecule has 0 saturated carbocycles. The molecule has 2 nitrogen and oxygen atoms in total. The van der Waals surface area contributed by atoms with Gasteiger partial charge in [-0.15, -0.1) is 0 Å². The Bertz CT molecular complexity index is 162. The average Bonchev–Trinajstić information content (AvgIpc) is 1.91. The van der Waals surface area contributed by atoms with Gasteiger partial charge in [0.2, 0.25) is 0 Å². The fraction of sp³-hybridized carbons (Fsp3) is 0.143. The third kappa shape index (κ3) is 1.82. The van der Waals surface area contributed by atoms with Crippen LogP contribution in [0.1, 0.15) is 5.56 Å². The van der Waals surface area contributed by atoms with Crippen molar-refractivity contribution in [2.75, 3.05) is 0 Å². The van der Waals surface area contributed by atoms with Crippen LogP contribution in [0.3, 0.4) is 0 Å². The molecule has 0 fully saturated rings. The highest BCUT2D eigenvalue weighted by atomic mass is 16.5. The molecular formula is C7H7NO. The van der Waals surface area contributed by atoms with Crippen molar-refractivity contribution in [2.45, 2.75) is 6.61 Å². The van der Waals surface area contributed by atoms with Gasteiger partial charge >= 0.3 is 0 Å². The molecular weight excluding hydrogens is 114 g/mol. The molecule has 0 spiro atoms. The number of aromatic nitrogens is 1. The first kappa shape index (κ1) is 6.23. The summed E-state index contributed by atoms with van der Waals surface area (Å²) in [5.74, 6) is 0. The van der Waals surface area contributed by atoms with Gasteiger partial charge in [-0.3, -0.25) is 4.98 Å². The molecule has 0 amide bonds. The molecule has 1 heterocycles. The molecule has 0 atom stereocenters. The van der Waals surface area contributed by atoms with Crippen LogP contribution in [-0.4, -0.2) is 4.98 Å². The number of rotatable bonds is 2. The van der Waals surface area contributed by atoms with Crippen LogP contribution in [0.15, 0.2) is 24.5 Å². The largest absolute Gasteiger partial charge is 0.368 e. The van der Waals surface area contributed by atoms with Crippen LogP contribution in [0.4, 0.5) is 0 Å². The van der Waals surface area contributed by atoms with Crippen molar-refractivity contribution in [1.29, 1.82) is 0 Å². The van der Waals surface area contributed by atoms with Crippen molar-refractivity contribution in [2.24, 2.45) is 0 Å². The minimum Gasteiger partial charge on any atom is -0.368 e. The van der Waals surface area contributed by atoms with Gasteiger partial charge in [-0.25, -0.2) is 0 Å². The molecule has 0 aliphatic carbocycles. The summed E-state index contributed by atoms with van der Waals surface area (Å²) in [5, 5.41) is 0. The Kier molecular flexibility index (Phi) is 2.22. The fourth-order valence-electron chi connectivity index (χ4n) is 0.575. The number of ether oxygens (including phenoxy) is 1. The Hall–Kier alpha value is -0.890. The number of pyridine rings is 1. The molecule has 2 heteroatoms. The van der Waals surface area contributed by atoms with E-state index < -0.39 is 0 Å². The average molecular weight is 121 g/mol. The molecule has 1 rings (SSSR count). The van der Waals surface area contributed by atoms with Crippen LogP contribution in [-0.2, 0) is 11.3 Å². The summed E-state index contributed by atoms with van der Waals surface area (Å²) in [6, 6.07) is 3.71. The topological polar surface area (TPSA) is 22.1 Å². The van der Waals surface area contributed by atoms with Gasteiger partial charge in [-0.1, -0.05) is 0 Å². The van der Waals surface area contributed by atoms with E-state index in [2.05, 4.69) is 9.72 Å². The van der Waals surface area contributed by atoms with Crippen molar-refractivity contribution in [3.63, 3.8) is 0 Å². The van der Waals surface area contributed by atoms with Gasteiger partial charge < -0.3 is 4.74 Å². The molecule has 2 radical (unpaired) electrons. The maximum atomic E-state index is 4.84. The van der Waals surface area contributed by atoms with Crippen molar-refractivity contribution in [3.8, 4) is 0 Å². The number of hydrogen-bond donors (Lipinski definition) is 0. The normalized spacial score (nSPS) is 9.44. The minimum absolute atomic E-state index is 0.447. The van der Waals surface area contributed by atoms with Gasteiger partial charge in [0, 0.05) is 12.4 Å². The summed E-state index contributed by atoms with van der Waals surface area (Å²) < 4.78 is 4.40. The maximum absolute atomic E-state index is 4.84. The van der Waals surface area contributed by atoms with E-state index in [9.17, 15) is 0 Å². The van der Waals surface area contributed by atoms with Crippen LogP contribution < -0.4 is 0 Å². The standard InChI is InChI=1S/C7H7NO/c1-9-6-7-2-4-8-5-3-7/h1-5H,6H2. The molecule has 0 saturated heterocycles. The Labute approximate surface area is 54.5 Å². The van der Waals surface area contributed by atoms with Gasteiger partial charge in [-0.2, -0.15) is 0 Å². The SMILES string of the molecule is [CH]OCc1ccncc1. The second-order valence-electron chi connectivity index (χ2n) is 1.67. The molecule has 0 bridgehead atoms. The second-order valence-corrected chi connectivity index (χ2v) is 1.67. The Balaban J connectivity index is 2.61. The van der Waals surface area contributed by atoms with Crippen LogP contribution in [0.25, 0.3) is 0 Å². The first-order valence-corrected chi connectivity index (χ1v) is 2.64. The lowest BCUT2D eigenvalue weighted by atomic mass is 10.3. The summed E-state index contributed by atoms with van der Waals surface area (Å²) in [6.07, 6.45) is 3.41. The lowest BCUT2D eigenvalue weighted by Crippen LogP contribution is -1.84. The highest BCUT2D eigenvalue weighted by Crippen LogP contribution is 1.96. The van der Waals surface area contributed by atoms with E-state index in [1.54, 1.807) is 12.4 Å². The first-order valence-electron chi connectivity index (χ1n) is 2.64. The lowest BCUT2D eigenvalue weighted by Gasteiger charge is -1.94. The van der Waals surface area contributed by atoms with Crippen LogP contribution in [0.2, 0.25) is 0 Å². The molecule has 1 aromatic heterocycles. The van der Waals surface area contributed by atoms with Crippen LogP contribution >= 0.6 is 0 Å². The highest BCUT2D eigenvalue weighted by Gasteiger charge is 1.85. The smallest absolute Gasteiger partial charge is 0.116 e. The molecule has 0 N–H and O–H groups in total. The molecule has 0 aliphatic heterocycles. The summed E-state index contributed by atoms with van der Waals surface area (Å²) >= 11 is 0. The van der Waals surface area contributed by atoms with Crippen LogP contribution in [0.5, 0.6) is 0 Å². The summed E-state index contributed by atoms with van der Waals surface area (Å²) in [5.41, 5.74) is 1.03. The number of hydrogen-bond acceptors (Lipinski definition) is 2. The minimum atomic E-state index is 0.447. The quantitative estimate of drug-likeness (QED) is 0.587. The predicted molar refractivity (Wildman–Crippen MR) is 33.3 cm³/mol. The first-order chi connectivity index (χ1) is 4.43. The van der Waals surface area contributed by atoms with Crippen molar-refractivity contribution in [3.05, 3.63) is 37.2 Å². The Morgan fingerprint density at radius 3 is 2.67 bits per heavy atom. The van der Waals surface area contributed by atoms with E-state index in [4.69, 9.17) is 7.11 Å². The number of nitrogens with zero attached hydrogens (tertiary/aromatic N) is 1. The van der Waals surface area contributed by atoms with Gasteiger partial charge in [0.25, 0.3) is 0 Å². The van der Waals surface area contributed by atoms with E-state index in [1.165, 1.54) is 0 Å². The molecule has 0 unspecified atom stereocenters. The molecule has 1 aromatic rings. The summed E-state index contributed by atoms with van der Waals surface area (Å²) in [4.78, 5) is 3.83. The zero-order valence-corrected chi connectivity index (χ0v) is 4.95. The van der Waals surface area contributed by atoms with E-state index in [0.717, 1.165) is 5.56 Å². The van der Waals surface area contributed by atoms with Crippen LogP contribution in [0, 0.1) is 7.11 Å². The summed E-state index contributed by atoms with van der Waals surface area (Å²) in [6.45, 7) is 0.447. The zero-order chi connectivity index (χ0) is 6.53. The van der Waals surface area contributed by atoms with Crippen molar-refractivity contribution >= 4 is 0 Å². The second kappa shape index (κ2) is 3.20. The van der Waals surface area contributed by atoms with Crippen molar-refractivity contribution in [1.82, 2.24) is 4.98 Å². The third-order valence-corrected chi connectivity index (χ3v) is 0.999. The maximum Gasteiger partial charge on any atom is 0.116 e. The van der Waals surface area contributed by atoms with Gasteiger partial charge in [0.05, 0.1) is 6.61 Å². The summed E-state index contributed by atoms with van der Waals surface area (Å²) in [7, 11) is 4.84. The van der Waals surface area contributed by atoms with E-state index in [0.29, 0.717) is 6.61 Å². The van der Waals surface area contributed by atoms with Gasteiger partial charge in [0.1, 0.15) is 7.11 Å². The fourth-order valence-corrected chi connectivity index (χ4v) is 0.575. The zero-order valence-electron chi connectivity index (χ0n) is 4.95. The third-order valence-electron chi connectivity index (χ3n) is 0.999. The van der Waals surface area contributed by atoms with Crippen molar-refractivity contribution < 1.29 is 4.74 Å². The molecule has 46 valence electrons. The van der Waals surface area contributed by atoms with Gasteiger partial charge in [-0.05, 0) is 17.7 Å². The monoisotopic (exact) mass is 121 g/mol. The highest BCUT2D eigenvalue weighted by molar-refractivity contribution is 5.07. The molecule has 0 aliphatic rings. The van der Waals surface area contributed by atoms with E-state index >= 15 is 0 Å². The predicted octanol–water partition coefficient (Wildman–Crippen LogP) is 1.27.